The molecule has 2 N–H and O–H groups in total. The van der Waals surface area contributed by atoms with E-state index < -0.39 is 0 Å². The fourth-order valence-corrected chi connectivity index (χ4v) is 2.71. The minimum absolute atomic E-state index is 0.0586. The van der Waals surface area contributed by atoms with Crippen molar-refractivity contribution in [2.45, 2.75) is 44.7 Å². The van der Waals surface area contributed by atoms with E-state index in [0.29, 0.717) is 0 Å². The van der Waals surface area contributed by atoms with Gasteiger partial charge in [-0.3, -0.25) is 9.88 Å². The highest BCUT2D eigenvalue weighted by atomic mass is 15.1. The second kappa shape index (κ2) is 5.61. The summed E-state index contributed by atoms with van der Waals surface area (Å²) in [6.07, 6.45) is 8.67. The van der Waals surface area contributed by atoms with Crippen LogP contribution in [-0.2, 0) is 6.54 Å². The van der Waals surface area contributed by atoms with Crippen LogP contribution in [-0.4, -0.2) is 28.5 Å². The van der Waals surface area contributed by atoms with E-state index in [4.69, 9.17) is 5.73 Å². The van der Waals surface area contributed by atoms with Crippen molar-refractivity contribution in [2.24, 2.45) is 5.73 Å². The van der Waals surface area contributed by atoms with Crippen LogP contribution < -0.4 is 5.73 Å². The lowest BCUT2D eigenvalue weighted by atomic mass is 9.98. The molecule has 94 valence electrons. The molecule has 0 unspecified atom stereocenters. The third-order valence-electron chi connectivity index (χ3n) is 3.74. The SMILES string of the molecule is CCN(Cc1ccncc1)CC1(N)CCCC1. The normalized spacial score (nSPS) is 18.8. The number of hydrogen-bond acceptors (Lipinski definition) is 3. The van der Waals surface area contributed by atoms with E-state index in [1.54, 1.807) is 0 Å². The second-order valence-corrected chi connectivity index (χ2v) is 5.23. The molecule has 0 radical (unpaired) electrons. The average Bonchev–Trinajstić information content (AvgIpc) is 2.76. The Kier molecular flexibility index (Phi) is 4.13. The van der Waals surface area contributed by atoms with Crippen LogP contribution >= 0.6 is 0 Å². The number of rotatable bonds is 5. The van der Waals surface area contributed by atoms with Crippen LogP contribution in [0.25, 0.3) is 0 Å². The number of pyridine rings is 1. The molecule has 3 heteroatoms. The quantitative estimate of drug-likeness (QED) is 0.847. The molecule has 3 nitrogen and oxygen atoms in total. The summed E-state index contributed by atoms with van der Waals surface area (Å²) in [6, 6.07) is 4.17. The Hall–Kier alpha value is -0.930. The summed E-state index contributed by atoms with van der Waals surface area (Å²) in [5, 5.41) is 0. The van der Waals surface area contributed by atoms with Gasteiger partial charge in [0.05, 0.1) is 0 Å². The summed E-state index contributed by atoms with van der Waals surface area (Å²) in [5.74, 6) is 0. The zero-order valence-electron chi connectivity index (χ0n) is 10.7. The van der Waals surface area contributed by atoms with Gasteiger partial charge in [0.25, 0.3) is 0 Å². The lowest BCUT2D eigenvalue weighted by Gasteiger charge is -2.31. The van der Waals surface area contributed by atoms with Gasteiger partial charge in [-0.15, -0.1) is 0 Å². The summed E-state index contributed by atoms with van der Waals surface area (Å²) in [6.45, 7) is 5.27. The Bertz CT molecular complexity index is 331. The van der Waals surface area contributed by atoms with Gasteiger partial charge in [0.1, 0.15) is 0 Å². The van der Waals surface area contributed by atoms with Gasteiger partial charge in [-0.2, -0.15) is 0 Å². The monoisotopic (exact) mass is 233 g/mol. The molecule has 0 amide bonds. The van der Waals surface area contributed by atoms with E-state index in [0.717, 1.165) is 19.6 Å². The van der Waals surface area contributed by atoms with Gasteiger partial charge < -0.3 is 5.73 Å². The number of hydrogen-bond donors (Lipinski definition) is 1. The fourth-order valence-electron chi connectivity index (χ4n) is 2.71. The highest BCUT2D eigenvalue weighted by molar-refractivity contribution is 5.09. The van der Waals surface area contributed by atoms with Crippen LogP contribution in [0.3, 0.4) is 0 Å². The van der Waals surface area contributed by atoms with Gasteiger partial charge >= 0.3 is 0 Å². The van der Waals surface area contributed by atoms with E-state index >= 15 is 0 Å². The van der Waals surface area contributed by atoms with Crippen molar-refractivity contribution in [2.75, 3.05) is 13.1 Å². The lowest BCUT2D eigenvalue weighted by Crippen LogP contribution is -2.47. The van der Waals surface area contributed by atoms with Crippen LogP contribution in [0, 0.1) is 0 Å². The van der Waals surface area contributed by atoms with E-state index in [1.807, 2.05) is 12.4 Å². The molecule has 17 heavy (non-hydrogen) atoms. The van der Waals surface area contributed by atoms with Crippen molar-refractivity contribution in [3.63, 3.8) is 0 Å². The van der Waals surface area contributed by atoms with Crippen molar-refractivity contribution in [3.8, 4) is 0 Å². The molecule has 1 aliphatic rings. The van der Waals surface area contributed by atoms with Gasteiger partial charge in [0.15, 0.2) is 0 Å². The number of nitrogens with two attached hydrogens (primary N) is 1. The number of aromatic nitrogens is 1. The minimum atomic E-state index is 0.0586. The molecule has 0 spiro atoms. The Balaban J connectivity index is 1.93. The summed E-state index contributed by atoms with van der Waals surface area (Å²) in [7, 11) is 0. The molecule has 0 bridgehead atoms. The Labute approximate surface area is 104 Å². The summed E-state index contributed by atoms with van der Waals surface area (Å²) >= 11 is 0. The highest BCUT2D eigenvalue weighted by Crippen LogP contribution is 2.28. The first kappa shape index (κ1) is 12.5. The topological polar surface area (TPSA) is 42.2 Å². The lowest BCUT2D eigenvalue weighted by molar-refractivity contribution is 0.211. The molecule has 0 atom stereocenters. The first-order chi connectivity index (χ1) is 8.22. The zero-order valence-corrected chi connectivity index (χ0v) is 10.7. The maximum Gasteiger partial charge on any atom is 0.0283 e. The largest absolute Gasteiger partial charge is 0.324 e. The maximum absolute atomic E-state index is 6.44. The predicted octanol–water partition coefficient (Wildman–Crippen LogP) is 2.17. The third-order valence-corrected chi connectivity index (χ3v) is 3.74. The van der Waals surface area contributed by atoms with Crippen molar-refractivity contribution in [3.05, 3.63) is 30.1 Å². The zero-order chi connectivity index (χ0) is 12.1. The van der Waals surface area contributed by atoms with Crippen LogP contribution in [0.15, 0.2) is 24.5 Å². The molecule has 1 saturated carbocycles. The fraction of sp³-hybridized carbons (Fsp3) is 0.643. The van der Waals surface area contributed by atoms with Crippen LogP contribution in [0.5, 0.6) is 0 Å². The number of likely N-dealkylation sites (N-methyl/N-ethyl adjacent to an activating group) is 1. The predicted molar refractivity (Wildman–Crippen MR) is 70.6 cm³/mol. The maximum atomic E-state index is 6.44. The van der Waals surface area contributed by atoms with Crippen molar-refractivity contribution in [1.82, 2.24) is 9.88 Å². The molecular formula is C14H23N3. The van der Waals surface area contributed by atoms with Crippen molar-refractivity contribution >= 4 is 0 Å². The van der Waals surface area contributed by atoms with E-state index in [1.165, 1.54) is 31.2 Å². The van der Waals surface area contributed by atoms with E-state index in [2.05, 4.69) is 28.9 Å². The highest BCUT2D eigenvalue weighted by Gasteiger charge is 2.30. The molecule has 1 fully saturated rings. The third kappa shape index (κ3) is 3.51. The molecule has 1 aliphatic carbocycles. The van der Waals surface area contributed by atoms with E-state index in [-0.39, 0.29) is 5.54 Å². The molecule has 2 rings (SSSR count). The summed E-state index contributed by atoms with van der Waals surface area (Å²) in [5.41, 5.74) is 7.82. The van der Waals surface area contributed by atoms with Crippen LogP contribution in [0.2, 0.25) is 0 Å². The molecular weight excluding hydrogens is 210 g/mol. The molecule has 0 aliphatic heterocycles. The Morgan fingerprint density at radius 2 is 1.94 bits per heavy atom. The second-order valence-electron chi connectivity index (χ2n) is 5.23. The summed E-state index contributed by atoms with van der Waals surface area (Å²) < 4.78 is 0. The standard InChI is InChI=1S/C14H23N3/c1-2-17(11-13-5-9-16-10-6-13)12-14(15)7-3-4-8-14/h5-6,9-10H,2-4,7-8,11-12,15H2,1H3. The average molecular weight is 233 g/mol. The van der Waals surface area contributed by atoms with Crippen molar-refractivity contribution < 1.29 is 0 Å². The summed E-state index contributed by atoms with van der Waals surface area (Å²) in [4.78, 5) is 6.50. The van der Waals surface area contributed by atoms with Crippen molar-refractivity contribution in [1.29, 1.82) is 0 Å². The van der Waals surface area contributed by atoms with Gasteiger partial charge in [-0.1, -0.05) is 19.8 Å². The Morgan fingerprint density at radius 3 is 2.53 bits per heavy atom. The van der Waals surface area contributed by atoms with Gasteiger partial charge in [0, 0.05) is 31.0 Å². The first-order valence-corrected chi connectivity index (χ1v) is 6.62. The molecule has 1 aromatic heterocycles. The smallest absolute Gasteiger partial charge is 0.0283 e. The van der Waals surface area contributed by atoms with Gasteiger partial charge in [-0.25, -0.2) is 0 Å². The number of nitrogens with zero attached hydrogens (tertiary/aromatic N) is 2. The van der Waals surface area contributed by atoms with Crippen LogP contribution in [0.1, 0.15) is 38.2 Å². The molecule has 0 aromatic carbocycles. The first-order valence-electron chi connectivity index (χ1n) is 6.62. The van der Waals surface area contributed by atoms with Gasteiger partial charge in [-0.05, 0) is 37.1 Å². The molecule has 0 saturated heterocycles. The van der Waals surface area contributed by atoms with E-state index in [9.17, 15) is 0 Å². The molecule has 1 aromatic rings. The van der Waals surface area contributed by atoms with Crippen LogP contribution in [0.4, 0.5) is 0 Å². The van der Waals surface area contributed by atoms with Gasteiger partial charge in [0.2, 0.25) is 0 Å². The Morgan fingerprint density at radius 1 is 1.29 bits per heavy atom. The minimum Gasteiger partial charge on any atom is -0.324 e. The molecule has 1 heterocycles.